The molecular formula is C10H16N2O6. The Morgan fingerprint density at radius 2 is 1.89 bits per heavy atom. The number of urea groups is 1. The topological polar surface area (TPSA) is 127 Å². The number of hydrogen-bond donors (Lipinski definition) is 4. The van der Waals surface area contributed by atoms with E-state index in [1.807, 2.05) is 0 Å². The summed E-state index contributed by atoms with van der Waals surface area (Å²) in [7, 11) is 0. The first-order valence-corrected chi connectivity index (χ1v) is 5.58. The van der Waals surface area contributed by atoms with Gasteiger partial charge in [-0.2, -0.15) is 0 Å². The van der Waals surface area contributed by atoms with E-state index in [9.17, 15) is 14.4 Å². The number of aliphatic hydroxyl groups is 1. The van der Waals surface area contributed by atoms with Crippen molar-refractivity contribution < 1.29 is 29.7 Å². The Hall–Kier alpha value is -1.83. The summed E-state index contributed by atoms with van der Waals surface area (Å²) in [5.41, 5.74) is 0. The minimum Gasteiger partial charge on any atom is -0.481 e. The number of nitrogens with zero attached hydrogens (tertiary/aromatic N) is 1. The molecule has 0 aliphatic heterocycles. The molecular weight excluding hydrogens is 244 g/mol. The summed E-state index contributed by atoms with van der Waals surface area (Å²) < 4.78 is 0. The third-order valence-electron chi connectivity index (χ3n) is 2.56. The molecule has 102 valence electrons. The van der Waals surface area contributed by atoms with Crippen LogP contribution in [-0.4, -0.2) is 63.4 Å². The second kappa shape index (κ2) is 6.20. The van der Waals surface area contributed by atoms with Crippen LogP contribution in [0.3, 0.4) is 0 Å². The van der Waals surface area contributed by atoms with Gasteiger partial charge in [0.1, 0.15) is 6.04 Å². The molecule has 2 amide bonds. The fourth-order valence-electron chi connectivity index (χ4n) is 1.55. The highest BCUT2D eigenvalue weighted by atomic mass is 16.4. The monoisotopic (exact) mass is 260 g/mol. The normalized spacial score (nSPS) is 15.8. The minimum absolute atomic E-state index is 0.0106. The van der Waals surface area contributed by atoms with Crippen LogP contribution in [-0.2, 0) is 9.59 Å². The number of carboxylic acid groups (broad SMARTS) is 2. The van der Waals surface area contributed by atoms with Crippen molar-refractivity contribution >= 4 is 18.0 Å². The fraction of sp³-hybridized carbons (Fsp3) is 0.700. The average Bonchev–Trinajstić information content (AvgIpc) is 3.07. The van der Waals surface area contributed by atoms with Gasteiger partial charge in [0.25, 0.3) is 0 Å². The summed E-state index contributed by atoms with van der Waals surface area (Å²) in [6.07, 6.45) is 0.937. The van der Waals surface area contributed by atoms with Crippen molar-refractivity contribution in [2.24, 2.45) is 0 Å². The van der Waals surface area contributed by atoms with Crippen molar-refractivity contribution in [3.8, 4) is 0 Å². The number of aliphatic carboxylic acids is 2. The summed E-state index contributed by atoms with van der Waals surface area (Å²) >= 11 is 0. The molecule has 0 aromatic rings. The van der Waals surface area contributed by atoms with Gasteiger partial charge in [-0.15, -0.1) is 0 Å². The van der Waals surface area contributed by atoms with Crippen molar-refractivity contribution in [2.75, 3.05) is 13.2 Å². The quantitative estimate of drug-likeness (QED) is 0.469. The van der Waals surface area contributed by atoms with Crippen LogP contribution in [0, 0.1) is 0 Å². The summed E-state index contributed by atoms with van der Waals surface area (Å²) in [6, 6.07) is -2.11. The molecule has 0 aromatic carbocycles. The molecule has 1 atom stereocenters. The Kier molecular flexibility index (Phi) is 4.90. The van der Waals surface area contributed by atoms with Gasteiger partial charge in [-0.25, -0.2) is 9.59 Å². The highest BCUT2D eigenvalue weighted by molar-refractivity contribution is 5.86. The molecule has 8 heteroatoms. The number of amides is 2. The molecule has 1 aliphatic rings. The predicted molar refractivity (Wildman–Crippen MR) is 59.0 cm³/mol. The fourth-order valence-corrected chi connectivity index (χ4v) is 1.55. The third kappa shape index (κ3) is 4.21. The van der Waals surface area contributed by atoms with Crippen LogP contribution >= 0.6 is 0 Å². The highest BCUT2D eigenvalue weighted by Gasteiger charge is 2.34. The van der Waals surface area contributed by atoms with Crippen LogP contribution in [0.15, 0.2) is 0 Å². The molecule has 4 N–H and O–H groups in total. The lowest BCUT2D eigenvalue weighted by Crippen LogP contribution is -2.50. The van der Waals surface area contributed by atoms with Gasteiger partial charge in [-0.3, -0.25) is 4.79 Å². The van der Waals surface area contributed by atoms with Crippen LogP contribution in [0.2, 0.25) is 0 Å². The maximum atomic E-state index is 11.8. The molecule has 1 rings (SSSR count). The summed E-state index contributed by atoms with van der Waals surface area (Å²) in [5, 5.41) is 28.3. The lowest BCUT2D eigenvalue weighted by Gasteiger charge is -2.23. The predicted octanol–water partition coefficient (Wildman–Crippen LogP) is -0.919. The van der Waals surface area contributed by atoms with Crippen molar-refractivity contribution in [1.82, 2.24) is 10.2 Å². The molecule has 0 aromatic heterocycles. The first kappa shape index (κ1) is 14.2. The maximum absolute atomic E-state index is 11.8. The van der Waals surface area contributed by atoms with Crippen molar-refractivity contribution in [1.29, 1.82) is 0 Å². The number of nitrogens with one attached hydrogen (secondary N) is 1. The van der Waals surface area contributed by atoms with E-state index in [0.29, 0.717) is 0 Å². The van der Waals surface area contributed by atoms with E-state index in [1.54, 1.807) is 0 Å². The maximum Gasteiger partial charge on any atom is 0.326 e. The highest BCUT2D eigenvalue weighted by Crippen LogP contribution is 2.26. The number of carbonyl (C=O) groups excluding carboxylic acids is 1. The Morgan fingerprint density at radius 1 is 1.28 bits per heavy atom. The van der Waals surface area contributed by atoms with E-state index >= 15 is 0 Å². The van der Waals surface area contributed by atoms with Crippen LogP contribution < -0.4 is 5.32 Å². The summed E-state index contributed by atoms with van der Waals surface area (Å²) in [6.45, 7) is -0.115. The summed E-state index contributed by atoms with van der Waals surface area (Å²) in [4.78, 5) is 34.3. The van der Waals surface area contributed by atoms with Gasteiger partial charge in [0.05, 0.1) is 13.0 Å². The van der Waals surface area contributed by atoms with E-state index in [4.69, 9.17) is 15.3 Å². The van der Waals surface area contributed by atoms with Gasteiger partial charge in [0.2, 0.25) is 0 Å². The van der Waals surface area contributed by atoms with Crippen molar-refractivity contribution in [2.45, 2.75) is 31.3 Å². The minimum atomic E-state index is -1.46. The van der Waals surface area contributed by atoms with Crippen LogP contribution in [0.4, 0.5) is 4.79 Å². The van der Waals surface area contributed by atoms with Crippen LogP contribution in [0.25, 0.3) is 0 Å². The molecule has 8 nitrogen and oxygen atoms in total. The standard InChI is InChI=1S/C10H16N2O6/c13-4-3-12(6-1-2-6)10(18)11-7(9(16)17)5-8(14)15/h6-7,13H,1-5H2,(H,11,18)(H,14,15)(H,16,17)/t7-/m0/s1. The number of carbonyl (C=O) groups is 3. The number of rotatable bonds is 7. The van der Waals surface area contributed by atoms with E-state index < -0.39 is 30.4 Å². The Balaban J connectivity index is 2.58. The van der Waals surface area contributed by atoms with E-state index in [-0.39, 0.29) is 19.2 Å². The number of carboxylic acids is 2. The zero-order chi connectivity index (χ0) is 13.7. The SMILES string of the molecule is O=C(O)C[C@H](NC(=O)N(CCO)C1CC1)C(=O)O. The second-order valence-electron chi connectivity index (χ2n) is 4.09. The van der Waals surface area contributed by atoms with Gasteiger partial charge >= 0.3 is 18.0 Å². The van der Waals surface area contributed by atoms with Gasteiger partial charge in [-0.05, 0) is 12.8 Å². The molecule has 0 bridgehead atoms. The zero-order valence-electron chi connectivity index (χ0n) is 9.70. The Morgan fingerprint density at radius 3 is 2.28 bits per heavy atom. The van der Waals surface area contributed by atoms with Gasteiger partial charge < -0.3 is 25.5 Å². The molecule has 18 heavy (non-hydrogen) atoms. The Bertz CT molecular complexity index is 341. The first-order chi connectivity index (χ1) is 8.45. The van der Waals surface area contributed by atoms with Crippen molar-refractivity contribution in [3.05, 3.63) is 0 Å². The van der Waals surface area contributed by atoms with E-state index in [1.165, 1.54) is 4.90 Å². The molecule has 1 fully saturated rings. The Labute approximate surface area is 103 Å². The number of aliphatic hydroxyl groups excluding tert-OH is 1. The summed E-state index contributed by atoms with van der Waals surface area (Å²) in [5.74, 6) is -2.70. The zero-order valence-corrected chi connectivity index (χ0v) is 9.70. The first-order valence-electron chi connectivity index (χ1n) is 5.58. The van der Waals surface area contributed by atoms with Crippen LogP contribution in [0.5, 0.6) is 0 Å². The lowest BCUT2D eigenvalue weighted by molar-refractivity contribution is -0.145. The average molecular weight is 260 g/mol. The largest absolute Gasteiger partial charge is 0.481 e. The molecule has 1 aliphatic carbocycles. The number of hydrogen-bond acceptors (Lipinski definition) is 4. The molecule has 0 saturated heterocycles. The molecule has 1 saturated carbocycles. The molecule has 0 spiro atoms. The van der Waals surface area contributed by atoms with Gasteiger partial charge in [0, 0.05) is 12.6 Å². The molecule has 0 heterocycles. The van der Waals surface area contributed by atoms with E-state index in [2.05, 4.69) is 5.32 Å². The van der Waals surface area contributed by atoms with Crippen LogP contribution in [0.1, 0.15) is 19.3 Å². The second-order valence-corrected chi connectivity index (χ2v) is 4.09. The lowest BCUT2D eigenvalue weighted by atomic mass is 10.2. The van der Waals surface area contributed by atoms with Crippen molar-refractivity contribution in [3.63, 3.8) is 0 Å². The van der Waals surface area contributed by atoms with E-state index in [0.717, 1.165) is 12.8 Å². The third-order valence-corrected chi connectivity index (χ3v) is 2.56. The molecule has 0 unspecified atom stereocenters. The van der Waals surface area contributed by atoms with Gasteiger partial charge in [0.15, 0.2) is 0 Å². The van der Waals surface area contributed by atoms with Gasteiger partial charge in [-0.1, -0.05) is 0 Å². The smallest absolute Gasteiger partial charge is 0.326 e. The molecule has 0 radical (unpaired) electrons.